The van der Waals surface area contributed by atoms with E-state index in [1.54, 1.807) is 11.7 Å². The van der Waals surface area contributed by atoms with E-state index in [2.05, 4.69) is 10.4 Å². The van der Waals surface area contributed by atoms with Gasteiger partial charge in [0.1, 0.15) is 17.3 Å². The average Bonchev–Trinajstić information content (AvgIpc) is 2.63. The second-order valence-electron chi connectivity index (χ2n) is 4.15. The lowest BCUT2D eigenvalue weighted by Crippen LogP contribution is -2.06. The summed E-state index contributed by atoms with van der Waals surface area (Å²) in [6.07, 6.45) is 0. The van der Waals surface area contributed by atoms with Crippen molar-refractivity contribution in [2.75, 3.05) is 12.4 Å². The van der Waals surface area contributed by atoms with E-state index >= 15 is 0 Å². The first-order chi connectivity index (χ1) is 9.04. The van der Waals surface area contributed by atoms with Crippen molar-refractivity contribution in [3.63, 3.8) is 0 Å². The van der Waals surface area contributed by atoms with Gasteiger partial charge < -0.3 is 10.1 Å². The van der Waals surface area contributed by atoms with Crippen LogP contribution >= 0.6 is 0 Å². The van der Waals surface area contributed by atoms with Crippen LogP contribution in [0.1, 0.15) is 11.3 Å². The molecular weight excluding hydrogens is 252 g/mol. The normalized spacial score (nSPS) is 10.6. The number of nitrogens with one attached hydrogen (secondary N) is 1. The van der Waals surface area contributed by atoms with Gasteiger partial charge in [-0.15, -0.1) is 0 Å². The Hall–Kier alpha value is -2.11. The molecule has 2 rings (SSSR count). The number of aromatic nitrogens is 2. The summed E-state index contributed by atoms with van der Waals surface area (Å²) in [5.74, 6) is -0.678. The van der Waals surface area contributed by atoms with Gasteiger partial charge in [0.15, 0.2) is 0 Å². The van der Waals surface area contributed by atoms with Crippen LogP contribution in [-0.4, -0.2) is 16.9 Å². The zero-order valence-corrected chi connectivity index (χ0v) is 11.0. The molecule has 1 aromatic heterocycles. The van der Waals surface area contributed by atoms with Crippen molar-refractivity contribution in [2.24, 2.45) is 7.05 Å². The summed E-state index contributed by atoms with van der Waals surface area (Å²) < 4.78 is 33.8. The molecule has 0 aliphatic carbocycles. The smallest absolute Gasteiger partial charge is 0.216 e. The number of para-hydroxylation sites is 1. The van der Waals surface area contributed by atoms with E-state index in [0.29, 0.717) is 5.88 Å². The summed E-state index contributed by atoms with van der Waals surface area (Å²) in [5, 5.41) is 6.95. The molecule has 1 N–H and O–H groups in total. The van der Waals surface area contributed by atoms with E-state index in [4.69, 9.17) is 4.74 Å². The Morgan fingerprint density at radius 2 is 1.95 bits per heavy atom. The fourth-order valence-electron chi connectivity index (χ4n) is 1.98. The van der Waals surface area contributed by atoms with Crippen molar-refractivity contribution >= 4 is 5.69 Å². The number of anilines is 1. The highest BCUT2D eigenvalue weighted by atomic mass is 19.1. The van der Waals surface area contributed by atoms with Gasteiger partial charge in [-0.05, 0) is 19.1 Å². The Kier molecular flexibility index (Phi) is 3.69. The Bertz CT molecular complexity index is 576. The van der Waals surface area contributed by atoms with Gasteiger partial charge in [0.25, 0.3) is 0 Å². The predicted octanol–water partition coefficient (Wildman–Crippen LogP) is 2.63. The topological polar surface area (TPSA) is 39.1 Å². The van der Waals surface area contributed by atoms with Crippen molar-refractivity contribution in [1.82, 2.24) is 9.78 Å². The van der Waals surface area contributed by atoms with Crippen molar-refractivity contribution in [3.8, 4) is 5.88 Å². The molecule has 0 radical (unpaired) electrons. The molecule has 102 valence electrons. The summed E-state index contributed by atoms with van der Waals surface area (Å²) in [6.45, 7) is 2.05. The first-order valence-electron chi connectivity index (χ1n) is 5.79. The number of methoxy groups -OCH3 is 1. The molecular formula is C13H15F2N3O. The molecule has 0 spiro atoms. The maximum atomic E-state index is 13.5. The number of hydrogen-bond donors (Lipinski definition) is 1. The lowest BCUT2D eigenvalue weighted by molar-refractivity contribution is 0.369. The minimum absolute atomic E-state index is 0.146. The lowest BCUT2D eigenvalue weighted by Gasteiger charge is -2.09. The van der Waals surface area contributed by atoms with Gasteiger partial charge in [0.2, 0.25) is 5.88 Å². The second-order valence-corrected chi connectivity index (χ2v) is 4.15. The van der Waals surface area contributed by atoms with E-state index in [-0.39, 0.29) is 12.2 Å². The molecule has 1 aromatic carbocycles. The Balaban J connectivity index is 2.24. The quantitative estimate of drug-likeness (QED) is 0.925. The summed E-state index contributed by atoms with van der Waals surface area (Å²) >= 11 is 0. The number of rotatable bonds is 4. The molecule has 0 amide bonds. The molecule has 19 heavy (non-hydrogen) atoms. The Labute approximate surface area is 110 Å². The van der Waals surface area contributed by atoms with Crippen LogP contribution in [0, 0.1) is 18.6 Å². The molecule has 0 saturated carbocycles. The van der Waals surface area contributed by atoms with Gasteiger partial charge >= 0.3 is 0 Å². The maximum Gasteiger partial charge on any atom is 0.216 e. The van der Waals surface area contributed by atoms with Gasteiger partial charge in [-0.1, -0.05) is 6.07 Å². The average molecular weight is 267 g/mol. The Morgan fingerprint density at radius 1 is 1.32 bits per heavy atom. The van der Waals surface area contributed by atoms with Crippen molar-refractivity contribution in [1.29, 1.82) is 0 Å². The maximum absolute atomic E-state index is 13.5. The molecule has 6 heteroatoms. The van der Waals surface area contributed by atoms with E-state index < -0.39 is 11.6 Å². The fourth-order valence-corrected chi connectivity index (χ4v) is 1.98. The molecule has 1 heterocycles. The monoisotopic (exact) mass is 267 g/mol. The highest BCUT2D eigenvalue weighted by molar-refractivity contribution is 5.47. The Morgan fingerprint density at radius 3 is 2.53 bits per heavy atom. The van der Waals surface area contributed by atoms with Crippen LogP contribution in [0.25, 0.3) is 0 Å². The third kappa shape index (κ3) is 2.52. The highest BCUT2D eigenvalue weighted by Crippen LogP contribution is 2.24. The van der Waals surface area contributed by atoms with Gasteiger partial charge in [-0.25, -0.2) is 13.5 Å². The van der Waals surface area contributed by atoms with Crippen LogP contribution < -0.4 is 10.1 Å². The minimum atomic E-state index is -0.625. The van der Waals surface area contributed by atoms with Crippen molar-refractivity contribution in [2.45, 2.75) is 13.5 Å². The molecule has 4 nitrogen and oxygen atoms in total. The lowest BCUT2D eigenvalue weighted by atomic mass is 10.2. The summed E-state index contributed by atoms with van der Waals surface area (Å²) in [4.78, 5) is 0. The van der Waals surface area contributed by atoms with E-state index in [1.165, 1.54) is 25.3 Å². The van der Waals surface area contributed by atoms with E-state index in [1.807, 2.05) is 6.92 Å². The van der Waals surface area contributed by atoms with Crippen molar-refractivity contribution < 1.29 is 13.5 Å². The van der Waals surface area contributed by atoms with Gasteiger partial charge in [0, 0.05) is 13.6 Å². The molecule has 0 aliphatic heterocycles. The standard InChI is InChI=1S/C13H15F2N3O/c1-8-9(13(19-3)18(2)17-8)7-16-12-10(14)5-4-6-11(12)15/h4-6,16H,7H2,1-3H3. The molecule has 0 fully saturated rings. The number of nitrogens with zero attached hydrogens (tertiary/aromatic N) is 2. The SMILES string of the molecule is COc1c(CNc2c(F)cccc2F)c(C)nn1C. The zero-order chi connectivity index (χ0) is 14.0. The first-order valence-corrected chi connectivity index (χ1v) is 5.79. The van der Waals surface area contributed by atoms with Gasteiger partial charge in [-0.2, -0.15) is 5.10 Å². The molecule has 0 bridgehead atoms. The second kappa shape index (κ2) is 5.26. The number of hydrogen-bond acceptors (Lipinski definition) is 3. The zero-order valence-electron chi connectivity index (χ0n) is 11.0. The van der Waals surface area contributed by atoms with Crippen molar-refractivity contribution in [3.05, 3.63) is 41.1 Å². The van der Waals surface area contributed by atoms with Gasteiger partial charge in [0.05, 0.1) is 18.4 Å². The van der Waals surface area contributed by atoms with E-state index in [9.17, 15) is 8.78 Å². The van der Waals surface area contributed by atoms with Crippen LogP contribution in [0.2, 0.25) is 0 Å². The molecule has 0 saturated heterocycles. The van der Waals surface area contributed by atoms with Crippen LogP contribution in [-0.2, 0) is 13.6 Å². The van der Waals surface area contributed by atoms with Crippen LogP contribution in [0.5, 0.6) is 5.88 Å². The summed E-state index contributed by atoms with van der Waals surface area (Å²) in [7, 11) is 3.28. The highest BCUT2D eigenvalue weighted by Gasteiger charge is 2.15. The fraction of sp³-hybridized carbons (Fsp3) is 0.308. The van der Waals surface area contributed by atoms with Crippen LogP contribution in [0.4, 0.5) is 14.5 Å². The number of aryl methyl sites for hydroxylation is 2. The third-order valence-corrected chi connectivity index (χ3v) is 2.89. The molecule has 2 aromatic rings. The summed E-state index contributed by atoms with van der Waals surface area (Å²) in [5.41, 5.74) is 1.38. The predicted molar refractivity (Wildman–Crippen MR) is 68.2 cm³/mol. The van der Waals surface area contributed by atoms with Crippen LogP contribution in [0.3, 0.4) is 0 Å². The first kappa shape index (κ1) is 13.3. The van der Waals surface area contributed by atoms with Crippen LogP contribution in [0.15, 0.2) is 18.2 Å². The van der Waals surface area contributed by atoms with E-state index in [0.717, 1.165) is 11.3 Å². The molecule has 0 atom stereocenters. The number of halogens is 2. The molecule has 0 aliphatic rings. The summed E-state index contributed by atoms with van der Waals surface area (Å²) in [6, 6.07) is 3.74. The largest absolute Gasteiger partial charge is 0.481 e. The minimum Gasteiger partial charge on any atom is -0.481 e. The third-order valence-electron chi connectivity index (χ3n) is 2.89. The number of ether oxygens (including phenoxy) is 1. The number of benzene rings is 1. The van der Waals surface area contributed by atoms with Gasteiger partial charge in [-0.3, -0.25) is 0 Å². The molecule has 0 unspecified atom stereocenters.